The second kappa shape index (κ2) is 5.62. The van der Waals surface area contributed by atoms with Gasteiger partial charge in [0.15, 0.2) is 16.8 Å². The van der Waals surface area contributed by atoms with E-state index in [9.17, 15) is 22.6 Å². The molecule has 0 fully saturated rings. The summed E-state index contributed by atoms with van der Waals surface area (Å²) >= 11 is 0. The third-order valence-corrected chi connectivity index (χ3v) is 4.48. The van der Waals surface area contributed by atoms with E-state index < -0.39 is 26.9 Å². The minimum Gasteiger partial charge on any atom is -0.747 e. The van der Waals surface area contributed by atoms with Crippen LogP contribution in [0.5, 0.6) is 0 Å². The van der Waals surface area contributed by atoms with Crippen molar-refractivity contribution < 1.29 is 52.1 Å². The standard InChI is InChI=1S/C14H10O5S.Na/c15-12-7-10-5-8-3-1-2-4-9(8)6-11(10)13(16)14(12)20(17,18)19;/h1-6,14H,7H2,(H,17,18,19);/q;+1/p-1. The van der Waals surface area contributed by atoms with Crippen LogP contribution in [0, 0.1) is 0 Å². The molecule has 5 nitrogen and oxygen atoms in total. The van der Waals surface area contributed by atoms with Crippen molar-refractivity contribution in [3.05, 3.63) is 47.5 Å². The van der Waals surface area contributed by atoms with E-state index >= 15 is 0 Å². The predicted molar refractivity (Wildman–Crippen MR) is 70.5 cm³/mol. The quantitative estimate of drug-likeness (QED) is 0.347. The topological polar surface area (TPSA) is 91.3 Å². The molecule has 21 heavy (non-hydrogen) atoms. The molecule has 0 saturated carbocycles. The van der Waals surface area contributed by atoms with Crippen LogP contribution in [0.25, 0.3) is 10.8 Å². The molecular formula is C14H9NaO5S. The molecule has 0 amide bonds. The molecule has 0 N–H and O–H groups in total. The van der Waals surface area contributed by atoms with Crippen molar-refractivity contribution in [2.75, 3.05) is 0 Å². The summed E-state index contributed by atoms with van der Waals surface area (Å²) in [7, 11) is -4.97. The Morgan fingerprint density at radius 1 is 1.05 bits per heavy atom. The summed E-state index contributed by atoms with van der Waals surface area (Å²) in [5.74, 6) is -1.77. The Morgan fingerprint density at radius 3 is 2.19 bits per heavy atom. The largest absolute Gasteiger partial charge is 1.00 e. The van der Waals surface area contributed by atoms with Crippen LogP contribution in [0.1, 0.15) is 15.9 Å². The molecule has 0 bridgehead atoms. The monoisotopic (exact) mass is 312 g/mol. The minimum atomic E-state index is -4.97. The van der Waals surface area contributed by atoms with Gasteiger partial charge in [0.05, 0.1) is 0 Å². The maximum atomic E-state index is 12.1. The van der Waals surface area contributed by atoms with Crippen LogP contribution in [-0.4, -0.2) is 29.8 Å². The summed E-state index contributed by atoms with van der Waals surface area (Å²) < 4.78 is 33.2. The van der Waals surface area contributed by atoms with E-state index in [2.05, 4.69) is 0 Å². The molecule has 2 aromatic carbocycles. The van der Waals surface area contributed by atoms with Crippen molar-refractivity contribution >= 4 is 32.5 Å². The summed E-state index contributed by atoms with van der Waals surface area (Å²) in [6.07, 6.45) is -0.210. The first-order chi connectivity index (χ1) is 9.38. The molecule has 2 aromatic rings. The Labute approximate surface area is 143 Å². The Kier molecular flexibility index (Phi) is 4.37. The van der Waals surface area contributed by atoms with Crippen molar-refractivity contribution in [2.45, 2.75) is 11.7 Å². The molecule has 7 heteroatoms. The SMILES string of the molecule is O=C1Cc2cc3ccccc3cc2C(=O)C1S(=O)(=O)[O-].[Na+]. The van der Waals surface area contributed by atoms with E-state index in [0.29, 0.717) is 5.56 Å². The van der Waals surface area contributed by atoms with Gasteiger partial charge in [0.25, 0.3) is 0 Å². The minimum absolute atomic E-state index is 0. The Balaban J connectivity index is 0.00000161. The van der Waals surface area contributed by atoms with Crippen LogP contribution in [0.4, 0.5) is 0 Å². The molecule has 0 spiro atoms. The zero-order valence-corrected chi connectivity index (χ0v) is 14.0. The smallest absolute Gasteiger partial charge is 0.747 e. The molecular weight excluding hydrogens is 303 g/mol. The van der Waals surface area contributed by atoms with Gasteiger partial charge in [-0.25, -0.2) is 8.42 Å². The van der Waals surface area contributed by atoms with E-state index in [1.807, 2.05) is 12.1 Å². The second-order valence-electron chi connectivity index (χ2n) is 4.74. The van der Waals surface area contributed by atoms with Gasteiger partial charge in [-0.15, -0.1) is 0 Å². The average Bonchev–Trinajstić information content (AvgIpc) is 2.35. The van der Waals surface area contributed by atoms with E-state index in [1.165, 1.54) is 6.07 Å². The third-order valence-electron chi connectivity index (χ3n) is 3.42. The molecule has 0 heterocycles. The fraction of sp³-hybridized carbons (Fsp3) is 0.143. The normalized spacial score (nSPS) is 18.2. The number of ketones is 2. The van der Waals surface area contributed by atoms with Crippen LogP contribution in [0.3, 0.4) is 0 Å². The molecule has 0 radical (unpaired) electrons. The van der Waals surface area contributed by atoms with Gasteiger partial charge in [0.2, 0.25) is 0 Å². The van der Waals surface area contributed by atoms with E-state index in [1.54, 1.807) is 18.2 Å². The first-order valence-corrected chi connectivity index (χ1v) is 7.38. The maximum absolute atomic E-state index is 12.1. The van der Waals surface area contributed by atoms with Crippen molar-refractivity contribution in [3.8, 4) is 0 Å². The summed E-state index contributed by atoms with van der Waals surface area (Å²) in [6.45, 7) is 0. The summed E-state index contributed by atoms with van der Waals surface area (Å²) in [5.41, 5.74) is 0.617. The molecule has 1 atom stereocenters. The Hall–Kier alpha value is -1.05. The van der Waals surface area contributed by atoms with E-state index in [0.717, 1.165) is 10.8 Å². The van der Waals surface area contributed by atoms with Crippen LogP contribution in [0.2, 0.25) is 0 Å². The van der Waals surface area contributed by atoms with Crippen LogP contribution >= 0.6 is 0 Å². The van der Waals surface area contributed by atoms with Crippen molar-refractivity contribution in [2.24, 2.45) is 0 Å². The number of Topliss-reactive ketones (excluding diaryl/α,β-unsaturated/α-hetero) is 2. The van der Waals surface area contributed by atoms with Gasteiger partial charge < -0.3 is 4.55 Å². The second-order valence-corrected chi connectivity index (χ2v) is 6.19. The molecule has 1 unspecified atom stereocenters. The number of benzene rings is 2. The number of hydrogen-bond donors (Lipinski definition) is 0. The number of carbonyl (C=O) groups is 2. The van der Waals surface area contributed by atoms with Crippen molar-refractivity contribution in [3.63, 3.8) is 0 Å². The fourth-order valence-electron chi connectivity index (χ4n) is 2.52. The maximum Gasteiger partial charge on any atom is 1.00 e. The zero-order valence-electron chi connectivity index (χ0n) is 11.2. The number of rotatable bonds is 1. The zero-order chi connectivity index (χ0) is 14.5. The van der Waals surface area contributed by atoms with Gasteiger partial charge in [-0.05, 0) is 28.5 Å². The molecule has 0 aliphatic heterocycles. The molecule has 3 rings (SSSR count). The Morgan fingerprint density at radius 2 is 1.62 bits per heavy atom. The van der Waals surface area contributed by atoms with E-state index in [4.69, 9.17) is 0 Å². The fourth-order valence-corrected chi connectivity index (χ4v) is 3.32. The predicted octanol–water partition coefficient (Wildman–Crippen LogP) is -1.93. The van der Waals surface area contributed by atoms with Gasteiger partial charge in [-0.1, -0.05) is 24.3 Å². The van der Waals surface area contributed by atoms with Crippen molar-refractivity contribution in [1.29, 1.82) is 0 Å². The average molecular weight is 312 g/mol. The van der Waals surface area contributed by atoms with Crippen molar-refractivity contribution in [1.82, 2.24) is 0 Å². The third kappa shape index (κ3) is 2.82. The number of carbonyl (C=O) groups excluding carboxylic acids is 2. The number of hydrogen-bond acceptors (Lipinski definition) is 5. The molecule has 0 aromatic heterocycles. The van der Waals surface area contributed by atoms with Crippen LogP contribution < -0.4 is 29.6 Å². The van der Waals surface area contributed by atoms with Crippen LogP contribution in [0.15, 0.2) is 36.4 Å². The van der Waals surface area contributed by atoms with Gasteiger partial charge in [-0.3, -0.25) is 9.59 Å². The van der Waals surface area contributed by atoms with Gasteiger partial charge in [-0.2, -0.15) is 0 Å². The molecule has 0 saturated heterocycles. The first-order valence-electron chi connectivity index (χ1n) is 5.91. The Bertz CT molecular complexity index is 857. The van der Waals surface area contributed by atoms with Crippen LogP contribution in [-0.2, 0) is 21.3 Å². The van der Waals surface area contributed by atoms with Gasteiger partial charge in [0.1, 0.15) is 10.1 Å². The van der Waals surface area contributed by atoms with Gasteiger partial charge in [0, 0.05) is 12.0 Å². The molecule has 1 aliphatic rings. The summed E-state index contributed by atoms with van der Waals surface area (Å²) in [6, 6.07) is 10.5. The number of fused-ring (bicyclic) bond motifs is 2. The van der Waals surface area contributed by atoms with Gasteiger partial charge >= 0.3 is 29.6 Å². The van der Waals surface area contributed by atoms with E-state index in [-0.39, 0.29) is 41.5 Å². The molecule has 102 valence electrons. The first kappa shape index (κ1) is 16.3. The summed E-state index contributed by atoms with van der Waals surface area (Å²) in [5, 5.41) is -0.484. The summed E-state index contributed by atoms with van der Waals surface area (Å²) in [4.78, 5) is 23.9. The molecule has 1 aliphatic carbocycles.